The van der Waals surface area contributed by atoms with Gasteiger partial charge in [0.15, 0.2) is 11.5 Å². The van der Waals surface area contributed by atoms with Gasteiger partial charge in [0.25, 0.3) is 5.91 Å². The summed E-state index contributed by atoms with van der Waals surface area (Å²) < 4.78 is 28.3. The van der Waals surface area contributed by atoms with E-state index in [-0.39, 0.29) is 42.2 Å². The van der Waals surface area contributed by atoms with Crippen LogP contribution in [-0.2, 0) is 0 Å². The molecule has 2 saturated heterocycles. The highest BCUT2D eigenvalue weighted by atomic mass is 19.1. The number of anilines is 1. The van der Waals surface area contributed by atoms with Gasteiger partial charge in [-0.25, -0.2) is 28.6 Å². The van der Waals surface area contributed by atoms with Crippen LogP contribution in [0.1, 0.15) is 34.1 Å². The molecule has 0 unspecified atom stereocenters. The molecule has 4 heterocycles. The van der Waals surface area contributed by atoms with Crippen molar-refractivity contribution < 1.29 is 18.4 Å². The number of carbonyl (C=O) groups is 2. The highest BCUT2D eigenvalue weighted by molar-refractivity contribution is 5.93. The molecule has 37 heavy (non-hydrogen) atoms. The van der Waals surface area contributed by atoms with E-state index in [4.69, 9.17) is 10.5 Å². The van der Waals surface area contributed by atoms with Crippen LogP contribution < -0.4 is 4.90 Å². The van der Waals surface area contributed by atoms with Gasteiger partial charge in [0.1, 0.15) is 5.82 Å². The Kier molecular flexibility index (Phi) is 6.36. The van der Waals surface area contributed by atoms with Gasteiger partial charge in [-0.2, -0.15) is 15.6 Å². The van der Waals surface area contributed by atoms with E-state index in [1.807, 2.05) is 6.07 Å². The maximum atomic E-state index is 14.3. The fraction of sp³-hybridized carbons (Fsp3) is 0.375. The molecule has 3 aliphatic heterocycles. The van der Waals surface area contributed by atoms with Crippen molar-refractivity contribution in [3.05, 3.63) is 52.9 Å². The fourth-order valence-electron chi connectivity index (χ4n) is 4.52. The first-order valence-electron chi connectivity index (χ1n) is 11.7. The van der Waals surface area contributed by atoms with Crippen LogP contribution >= 0.6 is 0 Å². The highest BCUT2D eigenvalue weighted by Gasteiger charge is 2.35. The lowest BCUT2D eigenvalue weighted by atomic mass is 10.0. The molecule has 0 bridgehead atoms. The number of hydrazone groups is 1. The Morgan fingerprint density at radius 1 is 1.03 bits per heavy atom. The average Bonchev–Trinajstić information content (AvgIpc) is 3.38. The zero-order valence-electron chi connectivity index (χ0n) is 19.6. The lowest BCUT2D eigenvalue weighted by molar-refractivity contribution is 0.0565. The van der Waals surface area contributed by atoms with Crippen LogP contribution in [0.2, 0.25) is 0 Å². The fourth-order valence-corrected chi connectivity index (χ4v) is 4.52. The van der Waals surface area contributed by atoms with E-state index in [0.717, 1.165) is 12.3 Å². The molecule has 11 nitrogen and oxygen atoms in total. The normalized spacial score (nSPS) is 19.4. The Morgan fingerprint density at radius 3 is 2.49 bits per heavy atom. The number of hydrogen-bond acceptors (Lipinski definition) is 8. The monoisotopic (exact) mass is 505 g/mol. The zero-order chi connectivity index (χ0) is 26.1. The number of carbonyl (C=O) groups excluding carboxylic acids is 2. The van der Waals surface area contributed by atoms with E-state index in [9.17, 15) is 18.4 Å². The van der Waals surface area contributed by atoms with Gasteiger partial charge < -0.3 is 14.7 Å². The molecule has 13 heteroatoms. The van der Waals surface area contributed by atoms with Crippen LogP contribution in [0.3, 0.4) is 0 Å². The van der Waals surface area contributed by atoms with E-state index in [1.165, 1.54) is 16.0 Å². The summed E-state index contributed by atoms with van der Waals surface area (Å²) >= 11 is 0. The minimum Gasteiger partial charge on any atom is -0.337 e. The quantitative estimate of drug-likeness (QED) is 0.622. The van der Waals surface area contributed by atoms with Crippen molar-refractivity contribution in [3.63, 3.8) is 0 Å². The predicted molar refractivity (Wildman–Crippen MR) is 125 cm³/mol. The molecule has 1 aromatic heterocycles. The van der Waals surface area contributed by atoms with Gasteiger partial charge in [-0.05, 0) is 23.8 Å². The molecule has 0 spiro atoms. The first-order valence-corrected chi connectivity index (χ1v) is 11.7. The van der Waals surface area contributed by atoms with Gasteiger partial charge in [0, 0.05) is 51.9 Å². The third-order valence-electron chi connectivity index (χ3n) is 6.58. The third-order valence-corrected chi connectivity index (χ3v) is 6.58. The molecule has 0 saturated carbocycles. The second kappa shape index (κ2) is 9.78. The summed E-state index contributed by atoms with van der Waals surface area (Å²) in [6.45, 7) is 1.75. The van der Waals surface area contributed by atoms with Gasteiger partial charge in [-0.15, -0.1) is 0 Å². The van der Waals surface area contributed by atoms with Crippen LogP contribution in [0.4, 0.5) is 19.5 Å². The van der Waals surface area contributed by atoms with Crippen LogP contribution in [0.15, 0.2) is 29.5 Å². The molecule has 0 aliphatic carbocycles. The number of nitrogens with zero attached hydrogens (tertiary/aromatic N) is 9. The summed E-state index contributed by atoms with van der Waals surface area (Å²) in [6, 6.07) is 7.08. The smallest absolute Gasteiger partial charge is 0.337 e. The van der Waals surface area contributed by atoms with Crippen molar-refractivity contribution in [2.45, 2.75) is 12.5 Å². The van der Waals surface area contributed by atoms with Gasteiger partial charge in [-0.3, -0.25) is 4.79 Å². The summed E-state index contributed by atoms with van der Waals surface area (Å²) in [7, 11) is 0. The maximum absolute atomic E-state index is 14.3. The van der Waals surface area contributed by atoms with Crippen molar-refractivity contribution in [2.24, 2.45) is 11.0 Å². The molecule has 1 atom stereocenters. The van der Waals surface area contributed by atoms with E-state index in [2.05, 4.69) is 21.1 Å². The topological polar surface area (TPSA) is 133 Å². The van der Waals surface area contributed by atoms with E-state index in [1.54, 1.807) is 22.1 Å². The summed E-state index contributed by atoms with van der Waals surface area (Å²) in [6.07, 6.45) is 2.93. The van der Waals surface area contributed by atoms with Crippen LogP contribution in [-0.4, -0.2) is 82.2 Å². The molecule has 5 rings (SSSR count). The number of halogens is 2. The minimum atomic E-state index is -0.835. The Hall–Kier alpha value is -4.65. The van der Waals surface area contributed by atoms with Gasteiger partial charge in [0.05, 0.1) is 35.9 Å². The van der Waals surface area contributed by atoms with Crippen molar-refractivity contribution in [1.82, 2.24) is 24.8 Å². The summed E-state index contributed by atoms with van der Waals surface area (Å²) in [5.74, 6) is -2.06. The van der Waals surface area contributed by atoms with Crippen LogP contribution in [0, 0.1) is 40.2 Å². The molecule has 188 valence electrons. The van der Waals surface area contributed by atoms with Crippen molar-refractivity contribution in [2.75, 3.05) is 44.2 Å². The SMILES string of the molecule is N#Cc1cc(F)cc([C@@H]2CC=NN2C(=O)N2CCN(c3ncc(F)c(C(=O)N4CC(C#N)C4)n3)CC2)c1. The number of benzene rings is 1. The third kappa shape index (κ3) is 4.63. The second-order valence-electron chi connectivity index (χ2n) is 8.94. The molecule has 0 N–H and O–H groups in total. The largest absolute Gasteiger partial charge is 0.341 e. The predicted octanol–water partition coefficient (Wildman–Crippen LogP) is 1.90. The van der Waals surface area contributed by atoms with Crippen molar-refractivity contribution in [1.29, 1.82) is 10.5 Å². The molecule has 3 amide bonds. The second-order valence-corrected chi connectivity index (χ2v) is 8.94. The molecule has 2 fully saturated rings. The minimum absolute atomic E-state index is 0.166. The number of rotatable bonds is 3. The number of piperazine rings is 1. The molecule has 1 aromatic carbocycles. The Morgan fingerprint density at radius 2 is 1.78 bits per heavy atom. The summed E-state index contributed by atoms with van der Waals surface area (Å²) in [4.78, 5) is 38.7. The Bertz CT molecular complexity index is 1350. The number of nitriles is 2. The van der Waals surface area contributed by atoms with Gasteiger partial charge in [0.2, 0.25) is 5.95 Å². The number of amides is 3. The Balaban J connectivity index is 1.24. The average molecular weight is 505 g/mol. The van der Waals surface area contributed by atoms with Crippen molar-refractivity contribution in [3.8, 4) is 12.1 Å². The first kappa shape index (κ1) is 24.1. The van der Waals surface area contributed by atoms with E-state index in [0.29, 0.717) is 38.2 Å². The highest BCUT2D eigenvalue weighted by Crippen LogP contribution is 2.31. The number of likely N-dealkylation sites (tertiary alicyclic amines) is 1. The van der Waals surface area contributed by atoms with E-state index >= 15 is 0 Å². The standard InChI is InChI=1S/C24H21F2N9O2/c25-18-8-15(10-27)7-17(9-18)20-1-2-30-35(20)24(37)33-5-3-32(4-6-33)23-29-12-19(26)21(31-23)22(36)34-13-16(11-28)14-34/h2,7-9,12,16,20H,1,3-6,13-14H2/t20-/m0/s1. The van der Waals surface area contributed by atoms with E-state index < -0.39 is 23.6 Å². The van der Waals surface area contributed by atoms with Gasteiger partial charge in [-0.1, -0.05) is 0 Å². The number of aromatic nitrogens is 2. The first-order chi connectivity index (χ1) is 17.9. The molecule has 0 radical (unpaired) electrons. The molecule has 3 aliphatic rings. The lowest BCUT2D eigenvalue weighted by Gasteiger charge is -2.37. The van der Waals surface area contributed by atoms with Crippen molar-refractivity contribution >= 4 is 24.1 Å². The zero-order valence-corrected chi connectivity index (χ0v) is 19.6. The number of hydrogen-bond donors (Lipinski definition) is 0. The summed E-state index contributed by atoms with van der Waals surface area (Å²) in [5, 5.41) is 23.5. The van der Waals surface area contributed by atoms with Crippen LogP contribution in [0.5, 0.6) is 0 Å². The Labute approximate surface area is 210 Å². The van der Waals surface area contributed by atoms with Crippen LogP contribution in [0.25, 0.3) is 0 Å². The summed E-state index contributed by atoms with van der Waals surface area (Å²) in [5.41, 5.74) is 0.307. The molecule has 2 aromatic rings. The maximum Gasteiger partial charge on any atom is 0.341 e. The molecular weight excluding hydrogens is 484 g/mol. The molecular formula is C24H21F2N9O2. The lowest BCUT2D eigenvalue weighted by Crippen LogP contribution is -2.52. The number of urea groups is 1. The van der Waals surface area contributed by atoms with Gasteiger partial charge >= 0.3 is 6.03 Å².